The van der Waals surface area contributed by atoms with Gasteiger partial charge in [0.1, 0.15) is 6.10 Å². The second-order valence-corrected chi connectivity index (χ2v) is 16.8. The zero-order valence-electron chi connectivity index (χ0n) is 39.2. The van der Waals surface area contributed by atoms with Gasteiger partial charge in [-0.2, -0.15) is 0 Å². The summed E-state index contributed by atoms with van der Waals surface area (Å²) in [5.41, 5.74) is 0. The van der Waals surface area contributed by atoms with E-state index in [1.165, 1.54) is 64.2 Å². The summed E-state index contributed by atoms with van der Waals surface area (Å²) in [4.78, 5) is 39.0. The van der Waals surface area contributed by atoms with Crippen LogP contribution in [0.4, 0.5) is 0 Å². The molecule has 0 rings (SSSR count). The lowest BCUT2D eigenvalue weighted by molar-refractivity contribution is -0.150. The summed E-state index contributed by atoms with van der Waals surface area (Å²) < 4.78 is 16.9. The minimum Gasteiger partial charge on any atom is -0.465 e. The number of carbonyl (C=O) groups is 3. The van der Waals surface area contributed by atoms with Crippen LogP contribution in [0.15, 0.2) is 24.3 Å². The van der Waals surface area contributed by atoms with Gasteiger partial charge in [-0.15, -0.1) is 0 Å². The van der Waals surface area contributed by atoms with Gasteiger partial charge in [0, 0.05) is 19.3 Å². The van der Waals surface area contributed by atoms with E-state index in [-0.39, 0.29) is 24.0 Å². The van der Waals surface area contributed by atoms with Crippen LogP contribution in [0.3, 0.4) is 0 Å². The number of nitrogens with zero attached hydrogens (tertiary/aromatic N) is 1. The Morgan fingerprint density at radius 3 is 1.16 bits per heavy atom. The fourth-order valence-electron chi connectivity index (χ4n) is 7.33. The van der Waals surface area contributed by atoms with Crippen molar-refractivity contribution in [2.45, 2.75) is 240 Å². The smallest absolute Gasteiger partial charge is 0.306 e. The van der Waals surface area contributed by atoms with E-state index in [0.717, 1.165) is 129 Å². The first-order valence-electron chi connectivity index (χ1n) is 24.9. The van der Waals surface area contributed by atoms with Gasteiger partial charge >= 0.3 is 17.9 Å². The minimum absolute atomic E-state index is 0.0108. The molecule has 0 N–H and O–H groups in total. The van der Waals surface area contributed by atoms with E-state index in [2.05, 4.69) is 70.7 Å². The number of ether oxygens (including phenoxy) is 3. The second-order valence-electron chi connectivity index (χ2n) is 16.8. The molecule has 0 atom stereocenters. The number of unbranched alkanes of at least 4 members (excludes halogenated alkanes) is 16. The van der Waals surface area contributed by atoms with Crippen molar-refractivity contribution in [2.24, 2.45) is 11.8 Å². The van der Waals surface area contributed by atoms with Crippen molar-refractivity contribution < 1.29 is 28.6 Å². The van der Waals surface area contributed by atoms with Crippen LogP contribution in [0.25, 0.3) is 0 Å². The van der Waals surface area contributed by atoms with Crippen LogP contribution >= 0.6 is 0 Å². The highest BCUT2D eigenvalue weighted by molar-refractivity contribution is 5.70. The number of hydrogen-bond acceptors (Lipinski definition) is 7. The van der Waals surface area contributed by atoms with Crippen molar-refractivity contribution in [1.29, 1.82) is 0 Å². The molecule has 0 heterocycles. The highest BCUT2D eigenvalue weighted by atomic mass is 16.5. The van der Waals surface area contributed by atoms with Crippen LogP contribution in [0.2, 0.25) is 0 Å². The molecular weight excluding hydrogens is 723 g/mol. The number of allylic oxidation sites excluding steroid dienone is 4. The number of rotatable bonds is 43. The Morgan fingerprint density at radius 2 is 0.776 bits per heavy atom. The maximum Gasteiger partial charge on any atom is 0.306 e. The molecule has 0 bridgehead atoms. The van der Waals surface area contributed by atoms with Crippen LogP contribution in [-0.2, 0) is 28.6 Å². The van der Waals surface area contributed by atoms with E-state index < -0.39 is 0 Å². The number of hydrogen-bond donors (Lipinski definition) is 0. The van der Waals surface area contributed by atoms with Gasteiger partial charge in [0.15, 0.2) is 0 Å². The van der Waals surface area contributed by atoms with E-state index in [4.69, 9.17) is 14.2 Å². The van der Waals surface area contributed by atoms with Crippen molar-refractivity contribution in [3.05, 3.63) is 24.3 Å². The molecule has 0 aliphatic carbocycles. The van der Waals surface area contributed by atoms with Crippen LogP contribution in [0.5, 0.6) is 0 Å². The van der Waals surface area contributed by atoms with E-state index in [0.29, 0.717) is 44.3 Å². The van der Waals surface area contributed by atoms with E-state index in [1.54, 1.807) is 0 Å². The van der Waals surface area contributed by atoms with Gasteiger partial charge in [-0.1, -0.05) is 143 Å². The summed E-state index contributed by atoms with van der Waals surface area (Å²) in [6, 6.07) is 0. The third-order valence-corrected chi connectivity index (χ3v) is 11.9. The molecule has 0 aliphatic rings. The summed E-state index contributed by atoms with van der Waals surface area (Å²) in [6.45, 7) is 17.1. The van der Waals surface area contributed by atoms with Gasteiger partial charge in [0.2, 0.25) is 0 Å². The Labute approximate surface area is 359 Å². The monoisotopic (exact) mass is 818 g/mol. The Hall–Kier alpha value is -2.15. The second kappa shape index (κ2) is 43.0. The first kappa shape index (κ1) is 55.9. The molecule has 340 valence electrons. The molecule has 0 unspecified atom stereocenters. The zero-order valence-corrected chi connectivity index (χ0v) is 39.2. The summed E-state index contributed by atoms with van der Waals surface area (Å²) in [5.74, 6) is 0.902. The zero-order chi connectivity index (χ0) is 42.7. The van der Waals surface area contributed by atoms with Crippen molar-refractivity contribution in [3.63, 3.8) is 0 Å². The largest absolute Gasteiger partial charge is 0.465 e. The highest BCUT2D eigenvalue weighted by Crippen LogP contribution is 2.19. The Morgan fingerprint density at radius 1 is 0.431 bits per heavy atom. The Kier molecular flexibility index (Phi) is 41.4. The van der Waals surface area contributed by atoms with Gasteiger partial charge in [0.25, 0.3) is 0 Å². The predicted octanol–water partition coefficient (Wildman–Crippen LogP) is 14.5. The van der Waals surface area contributed by atoms with Gasteiger partial charge in [-0.05, 0) is 128 Å². The first-order valence-corrected chi connectivity index (χ1v) is 24.9. The highest BCUT2D eigenvalue weighted by Gasteiger charge is 2.15. The lowest BCUT2D eigenvalue weighted by Gasteiger charge is -2.20. The molecule has 0 amide bonds. The SMILES string of the molecule is CCC(CC)COC(=O)CCCC/C=C\CCCCCCCCC(CCCCCCCC/C=C\CCCCC(=O)OCC(CC)CC)OC(=O)CCCN(CC)CC. The molecule has 0 radical (unpaired) electrons. The quantitative estimate of drug-likeness (QED) is 0.0262. The molecule has 0 saturated carbocycles. The Bertz CT molecular complexity index is 921. The van der Waals surface area contributed by atoms with E-state index >= 15 is 0 Å². The fraction of sp³-hybridized carbons (Fsp3) is 0.863. The number of esters is 3. The van der Waals surface area contributed by atoms with Gasteiger partial charge in [0.05, 0.1) is 13.2 Å². The van der Waals surface area contributed by atoms with Crippen molar-refractivity contribution >= 4 is 17.9 Å². The molecule has 0 spiro atoms. The average Bonchev–Trinajstić information content (AvgIpc) is 3.23. The third kappa shape index (κ3) is 36.9. The first-order chi connectivity index (χ1) is 28.3. The topological polar surface area (TPSA) is 82.1 Å². The molecular formula is C51H95NO6. The van der Waals surface area contributed by atoms with E-state index in [9.17, 15) is 14.4 Å². The predicted molar refractivity (Wildman–Crippen MR) is 246 cm³/mol. The lowest BCUT2D eigenvalue weighted by atomic mass is 10.0. The summed E-state index contributed by atoms with van der Waals surface area (Å²) in [6.07, 6.45) is 41.1. The summed E-state index contributed by atoms with van der Waals surface area (Å²) in [7, 11) is 0. The van der Waals surface area contributed by atoms with Gasteiger partial charge in [-0.25, -0.2) is 0 Å². The number of carbonyl (C=O) groups excluding carboxylic acids is 3. The van der Waals surface area contributed by atoms with E-state index in [1.807, 2.05) is 0 Å². The molecule has 0 aliphatic heterocycles. The average molecular weight is 818 g/mol. The fourth-order valence-corrected chi connectivity index (χ4v) is 7.33. The third-order valence-electron chi connectivity index (χ3n) is 11.9. The molecule has 0 fully saturated rings. The molecule has 0 aromatic rings. The van der Waals surface area contributed by atoms with Crippen molar-refractivity contribution in [3.8, 4) is 0 Å². The van der Waals surface area contributed by atoms with Crippen molar-refractivity contribution in [2.75, 3.05) is 32.8 Å². The van der Waals surface area contributed by atoms with Gasteiger partial charge < -0.3 is 19.1 Å². The normalized spacial score (nSPS) is 12.0. The molecule has 0 aromatic heterocycles. The molecule has 7 nitrogen and oxygen atoms in total. The molecule has 58 heavy (non-hydrogen) atoms. The Balaban J connectivity index is 4.13. The maximum atomic E-state index is 12.8. The van der Waals surface area contributed by atoms with Crippen LogP contribution in [0.1, 0.15) is 234 Å². The maximum absolute atomic E-state index is 12.8. The van der Waals surface area contributed by atoms with Crippen molar-refractivity contribution in [1.82, 2.24) is 4.90 Å². The van der Waals surface area contributed by atoms with Crippen LogP contribution in [0, 0.1) is 11.8 Å². The summed E-state index contributed by atoms with van der Waals surface area (Å²) in [5, 5.41) is 0. The van der Waals surface area contributed by atoms with Crippen LogP contribution in [-0.4, -0.2) is 61.8 Å². The molecule has 7 heteroatoms. The standard InChI is InChI=1S/C51H95NO6/c1-7-46(8-2)44-56-49(53)40-35-31-27-23-19-15-13-17-21-25-29-33-38-48(58-51(55)42-37-43-52(11-5)12-6)39-34-30-26-22-18-14-16-20-24-28-32-36-41-50(54)57-45-47(9-3)10-4/h19-20,23-24,46-48H,7-18,21-22,25-45H2,1-6H3/b23-19-,24-20-. The van der Waals surface area contributed by atoms with Gasteiger partial charge in [-0.3, -0.25) is 14.4 Å². The lowest BCUT2D eigenvalue weighted by Crippen LogP contribution is -2.25. The minimum atomic E-state index is -0.0417. The molecule has 0 aromatic carbocycles. The van der Waals surface area contributed by atoms with Crippen LogP contribution < -0.4 is 0 Å². The molecule has 0 saturated heterocycles. The summed E-state index contributed by atoms with van der Waals surface area (Å²) >= 11 is 0.